The lowest BCUT2D eigenvalue weighted by Gasteiger charge is -2.37. The van der Waals surface area contributed by atoms with Crippen molar-refractivity contribution in [3.05, 3.63) is 34.9 Å². The monoisotopic (exact) mass is 335 g/mol. The molecule has 128 valence electrons. The maximum absolute atomic E-state index is 6.07. The molecule has 1 saturated carbocycles. The van der Waals surface area contributed by atoms with Gasteiger partial charge in [-0.1, -0.05) is 30.7 Å². The Bertz CT molecular complexity index is 523. The number of nitrogens with one attached hydrogen (secondary N) is 1. The fourth-order valence-corrected chi connectivity index (χ4v) is 4.20. The molecule has 23 heavy (non-hydrogen) atoms. The van der Waals surface area contributed by atoms with Crippen LogP contribution in [-0.2, 0) is 10.2 Å². The average Bonchev–Trinajstić information content (AvgIpc) is 3.31. The normalized spacial score (nSPS) is 26.7. The van der Waals surface area contributed by atoms with Gasteiger partial charge in [0.25, 0.3) is 0 Å². The van der Waals surface area contributed by atoms with Gasteiger partial charge in [-0.05, 0) is 81.5 Å². The first-order valence-corrected chi connectivity index (χ1v) is 9.40. The molecule has 0 aromatic heterocycles. The molecule has 1 aliphatic carbocycles. The molecule has 3 heteroatoms. The predicted molar refractivity (Wildman–Crippen MR) is 97.2 cm³/mol. The van der Waals surface area contributed by atoms with Gasteiger partial charge in [0.1, 0.15) is 0 Å². The molecule has 0 bridgehead atoms. The highest BCUT2D eigenvalue weighted by Crippen LogP contribution is 2.49. The third-order valence-electron chi connectivity index (χ3n) is 5.76. The van der Waals surface area contributed by atoms with E-state index >= 15 is 0 Å². The van der Waals surface area contributed by atoms with E-state index in [0.29, 0.717) is 6.04 Å². The molecular formula is C20H30ClNO. The smallest absolute Gasteiger partial charge is 0.0641 e. The standard InChI is InChI=1S/C20H30ClNO/c1-19(2)14-18(10-13-23-19)22-12-11-20(3,15-4-5-15)16-6-8-17(21)9-7-16/h6-9,15,18,22H,4-5,10-14H2,1-3H3/t18-,20+/m0/s1. The second-order valence-electron chi connectivity index (χ2n) is 8.20. The highest BCUT2D eigenvalue weighted by Gasteiger charge is 2.42. The van der Waals surface area contributed by atoms with Crippen molar-refractivity contribution in [1.82, 2.24) is 5.32 Å². The van der Waals surface area contributed by atoms with E-state index in [-0.39, 0.29) is 11.0 Å². The van der Waals surface area contributed by atoms with Crippen molar-refractivity contribution in [2.75, 3.05) is 13.2 Å². The van der Waals surface area contributed by atoms with Crippen LogP contribution in [-0.4, -0.2) is 24.8 Å². The zero-order chi connectivity index (χ0) is 16.5. The highest BCUT2D eigenvalue weighted by atomic mass is 35.5. The van der Waals surface area contributed by atoms with Crippen molar-refractivity contribution in [3.63, 3.8) is 0 Å². The molecule has 2 nitrogen and oxygen atoms in total. The summed E-state index contributed by atoms with van der Waals surface area (Å²) in [6.07, 6.45) is 6.16. The van der Waals surface area contributed by atoms with Gasteiger partial charge in [0, 0.05) is 17.7 Å². The molecule has 2 fully saturated rings. The minimum atomic E-state index is 0.0197. The van der Waals surface area contributed by atoms with Gasteiger partial charge in [-0.3, -0.25) is 0 Å². The first kappa shape index (κ1) is 17.3. The van der Waals surface area contributed by atoms with Crippen molar-refractivity contribution in [2.45, 2.75) is 69.9 Å². The van der Waals surface area contributed by atoms with Crippen LogP contribution in [0.1, 0.15) is 58.4 Å². The lowest BCUT2D eigenvalue weighted by molar-refractivity contribution is -0.0629. The quantitative estimate of drug-likeness (QED) is 0.794. The summed E-state index contributed by atoms with van der Waals surface area (Å²) < 4.78 is 5.82. The Morgan fingerprint density at radius 1 is 1.22 bits per heavy atom. The largest absolute Gasteiger partial charge is 0.375 e. The van der Waals surface area contributed by atoms with E-state index in [0.717, 1.165) is 36.9 Å². The van der Waals surface area contributed by atoms with E-state index in [4.69, 9.17) is 16.3 Å². The Balaban J connectivity index is 1.59. The maximum atomic E-state index is 6.07. The summed E-state index contributed by atoms with van der Waals surface area (Å²) in [7, 11) is 0. The summed E-state index contributed by atoms with van der Waals surface area (Å²) in [4.78, 5) is 0. The van der Waals surface area contributed by atoms with Crippen molar-refractivity contribution in [2.24, 2.45) is 5.92 Å². The Morgan fingerprint density at radius 2 is 1.91 bits per heavy atom. The second kappa shape index (κ2) is 6.74. The van der Waals surface area contributed by atoms with Gasteiger partial charge < -0.3 is 10.1 Å². The zero-order valence-electron chi connectivity index (χ0n) is 14.7. The van der Waals surface area contributed by atoms with Crippen LogP contribution in [0, 0.1) is 5.92 Å². The number of benzene rings is 1. The summed E-state index contributed by atoms with van der Waals surface area (Å²) >= 11 is 6.07. The number of hydrogen-bond acceptors (Lipinski definition) is 2. The molecule has 0 radical (unpaired) electrons. The lowest BCUT2D eigenvalue weighted by atomic mass is 9.75. The minimum absolute atomic E-state index is 0.0197. The van der Waals surface area contributed by atoms with Crippen molar-refractivity contribution >= 4 is 11.6 Å². The molecule has 3 rings (SSSR count). The van der Waals surface area contributed by atoms with Crippen LogP contribution >= 0.6 is 11.6 Å². The number of hydrogen-bond donors (Lipinski definition) is 1. The van der Waals surface area contributed by atoms with E-state index in [1.165, 1.54) is 24.8 Å². The number of rotatable bonds is 6. The van der Waals surface area contributed by atoms with Gasteiger partial charge in [-0.15, -0.1) is 0 Å². The number of halogens is 1. The Hall–Kier alpha value is -0.570. The van der Waals surface area contributed by atoms with Crippen LogP contribution < -0.4 is 5.32 Å². The van der Waals surface area contributed by atoms with Crippen LogP contribution in [0.2, 0.25) is 5.02 Å². The first-order chi connectivity index (χ1) is 10.9. The summed E-state index contributed by atoms with van der Waals surface area (Å²) in [5, 5.41) is 4.62. The fourth-order valence-electron chi connectivity index (χ4n) is 4.08. The van der Waals surface area contributed by atoms with E-state index < -0.39 is 0 Å². The molecular weight excluding hydrogens is 306 g/mol. The van der Waals surface area contributed by atoms with Crippen molar-refractivity contribution < 1.29 is 4.74 Å². The maximum Gasteiger partial charge on any atom is 0.0641 e. The van der Waals surface area contributed by atoms with Gasteiger partial charge in [-0.2, -0.15) is 0 Å². The molecule has 1 N–H and O–H groups in total. The van der Waals surface area contributed by atoms with E-state index in [1.807, 2.05) is 12.1 Å². The summed E-state index contributed by atoms with van der Waals surface area (Å²) in [6, 6.07) is 9.10. The van der Waals surface area contributed by atoms with Crippen LogP contribution in [0.4, 0.5) is 0 Å². The summed E-state index contributed by atoms with van der Waals surface area (Å²) in [6.45, 7) is 8.79. The topological polar surface area (TPSA) is 21.3 Å². The van der Waals surface area contributed by atoms with Crippen molar-refractivity contribution in [3.8, 4) is 0 Å². The molecule has 0 unspecified atom stereocenters. The predicted octanol–water partition coefficient (Wildman–Crippen LogP) is 4.95. The highest BCUT2D eigenvalue weighted by molar-refractivity contribution is 6.30. The first-order valence-electron chi connectivity index (χ1n) is 9.02. The molecule has 1 heterocycles. The zero-order valence-corrected chi connectivity index (χ0v) is 15.5. The Labute approximate surface area is 145 Å². The third kappa shape index (κ3) is 4.29. The van der Waals surface area contributed by atoms with Crippen LogP contribution in [0.15, 0.2) is 24.3 Å². The van der Waals surface area contributed by atoms with E-state index in [1.54, 1.807) is 0 Å². The molecule has 1 aromatic carbocycles. The minimum Gasteiger partial charge on any atom is -0.375 e. The lowest BCUT2D eigenvalue weighted by Crippen LogP contribution is -2.45. The molecule has 0 amide bonds. The van der Waals surface area contributed by atoms with Crippen LogP contribution in [0.25, 0.3) is 0 Å². The van der Waals surface area contributed by atoms with Gasteiger partial charge >= 0.3 is 0 Å². The van der Waals surface area contributed by atoms with Gasteiger partial charge in [-0.25, -0.2) is 0 Å². The average molecular weight is 336 g/mol. The van der Waals surface area contributed by atoms with Crippen molar-refractivity contribution in [1.29, 1.82) is 0 Å². The molecule has 0 spiro atoms. The third-order valence-corrected chi connectivity index (χ3v) is 6.01. The van der Waals surface area contributed by atoms with E-state index in [9.17, 15) is 0 Å². The second-order valence-corrected chi connectivity index (χ2v) is 8.64. The molecule has 2 atom stereocenters. The molecule has 1 saturated heterocycles. The van der Waals surface area contributed by atoms with Crippen LogP contribution in [0.5, 0.6) is 0 Å². The van der Waals surface area contributed by atoms with Gasteiger partial charge in [0.2, 0.25) is 0 Å². The van der Waals surface area contributed by atoms with E-state index in [2.05, 4.69) is 38.2 Å². The Kier molecular flexibility index (Phi) is 5.06. The summed E-state index contributed by atoms with van der Waals surface area (Å²) in [5.41, 5.74) is 1.74. The van der Waals surface area contributed by atoms with Gasteiger partial charge in [0.05, 0.1) is 5.60 Å². The van der Waals surface area contributed by atoms with Gasteiger partial charge in [0.15, 0.2) is 0 Å². The van der Waals surface area contributed by atoms with Crippen LogP contribution in [0.3, 0.4) is 0 Å². The Morgan fingerprint density at radius 3 is 2.52 bits per heavy atom. The number of ether oxygens (including phenoxy) is 1. The molecule has 1 aromatic rings. The molecule has 1 aliphatic heterocycles. The fraction of sp³-hybridized carbons (Fsp3) is 0.700. The molecule has 2 aliphatic rings. The summed E-state index contributed by atoms with van der Waals surface area (Å²) in [5.74, 6) is 0.830. The SMILES string of the molecule is CC1(C)C[C@@H](NCC[C@@](C)(c2ccc(Cl)cc2)C2CC2)CCO1.